The van der Waals surface area contributed by atoms with Crippen molar-refractivity contribution in [3.63, 3.8) is 0 Å². The molecule has 21 heavy (non-hydrogen) atoms. The minimum absolute atomic E-state index is 0.316. The number of ether oxygens (including phenoxy) is 1. The van der Waals surface area contributed by atoms with Crippen LogP contribution in [0.4, 0.5) is 17.1 Å². The molecule has 0 unspecified atom stereocenters. The van der Waals surface area contributed by atoms with Crippen LogP contribution in [-0.2, 0) is 4.74 Å². The Balaban J connectivity index is 2.28. The Bertz CT molecular complexity index is 669. The lowest BCUT2D eigenvalue weighted by Crippen LogP contribution is -2.08. The number of carbonyl (C=O) groups is 1. The van der Waals surface area contributed by atoms with E-state index < -0.39 is 5.97 Å². The number of carbonyl (C=O) groups excluding carboxylic acids is 1. The van der Waals surface area contributed by atoms with E-state index in [1.807, 2.05) is 32.0 Å². The van der Waals surface area contributed by atoms with Crippen LogP contribution in [0.2, 0.25) is 0 Å². The molecule has 0 saturated heterocycles. The molecule has 0 saturated carbocycles. The predicted octanol–water partition coefficient (Wildman–Crippen LogP) is 3.20. The topological polar surface area (TPSA) is 77.2 Å². The third-order valence-electron chi connectivity index (χ3n) is 3.05. The number of benzene rings is 1. The van der Waals surface area contributed by atoms with Crippen molar-refractivity contribution >= 4 is 23.0 Å². The lowest BCUT2D eigenvalue weighted by molar-refractivity contribution is 0.0527. The summed E-state index contributed by atoms with van der Waals surface area (Å²) in [7, 11) is 0. The van der Waals surface area contributed by atoms with Crippen LogP contribution in [0, 0.1) is 13.8 Å². The number of nitrogens with one attached hydrogen (secondary N) is 1. The summed E-state index contributed by atoms with van der Waals surface area (Å²) in [4.78, 5) is 16.2. The zero-order valence-corrected chi connectivity index (χ0v) is 12.4. The van der Waals surface area contributed by atoms with Gasteiger partial charge in [-0.25, -0.2) is 4.79 Å². The molecule has 0 spiro atoms. The summed E-state index contributed by atoms with van der Waals surface area (Å²) >= 11 is 0. The molecule has 0 aliphatic rings. The highest BCUT2D eigenvalue weighted by Gasteiger charge is 2.12. The maximum Gasteiger partial charge on any atom is 0.340 e. The molecule has 2 aromatic rings. The van der Waals surface area contributed by atoms with E-state index in [9.17, 15) is 4.79 Å². The molecule has 0 aliphatic carbocycles. The van der Waals surface area contributed by atoms with Gasteiger partial charge in [0.15, 0.2) is 0 Å². The Morgan fingerprint density at radius 1 is 1.29 bits per heavy atom. The zero-order valence-electron chi connectivity index (χ0n) is 12.4. The van der Waals surface area contributed by atoms with E-state index in [2.05, 4.69) is 10.3 Å². The summed E-state index contributed by atoms with van der Waals surface area (Å²) in [6, 6.07) is 9.08. The Hall–Kier alpha value is -2.56. The average molecular weight is 285 g/mol. The number of nitrogens with two attached hydrogens (primary N) is 1. The summed E-state index contributed by atoms with van der Waals surface area (Å²) in [6.07, 6.45) is 0. The van der Waals surface area contributed by atoms with Gasteiger partial charge < -0.3 is 15.8 Å². The van der Waals surface area contributed by atoms with Crippen LogP contribution >= 0.6 is 0 Å². The molecule has 110 valence electrons. The highest BCUT2D eigenvalue weighted by atomic mass is 16.5. The summed E-state index contributed by atoms with van der Waals surface area (Å²) < 4.78 is 4.99. The van der Waals surface area contributed by atoms with Crippen LogP contribution in [0.3, 0.4) is 0 Å². The summed E-state index contributed by atoms with van der Waals surface area (Å²) in [6.45, 7) is 5.95. The molecule has 1 aromatic carbocycles. The molecule has 0 radical (unpaired) electrons. The van der Waals surface area contributed by atoms with Gasteiger partial charge in [-0.05, 0) is 51.1 Å². The molecule has 1 aromatic heterocycles. The van der Waals surface area contributed by atoms with Gasteiger partial charge in [-0.3, -0.25) is 4.98 Å². The summed E-state index contributed by atoms with van der Waals surface area (Å²) in [5.74, 6) is -0.419. The Labute approximate surface area is 124 Å². The fraction of sp³-hybridized carbons (Fsp3) is 0.250. The van der Waals surface area contributed by atoms with Crippen molar-refractivity contribution in [3.8, 4) is 0 Å². The van der Waals surface area contributed by atoms with E-state index in [1.165, 1.54) is 0 Å². The van der Waals surface area contributed by atoms with E-state index in [0.717, 1.165) is 22.8 Å². The third-order valence-corrected chi connectivity index (χ3v) is 3.05. The van der Waals surface area contributed by atoms with Crippen LogP contribution in [0.15, 0.2) is 30.3 Å². The third kappa shape index (κ3) is 3.51. The number of aryl methyl sites for hydroxylation is 2. The molecule has 0 amide bonds. The fourth-order valence-corrected chi connectivity index (χ4v) is 1.99. The minimum Gasteiger partial charge on any atom is -0.462 e. The van der Waals surface area contributed by atoms with Gasteiger partial charge in [0.05, 0.1) is 23.6 Å². The molecule has 2 rings (SSSR count). The van der Waals surface area contributed by atoms with Crippen LogP contribution < -0.4 is 11.1 Å². The number of hydrogen-bond acceptors (Lipinski definition) is 5. The van der Waals surface area contributed by atoms with Crippen LogP contribution in [0.25, 0.3) is 0 Å². The van der Waals surface area contributed by atoms with E-state index in [0.29, 0.717) is 17.9 Å². The second kappa shape index (κ2) is 6.26. The molecule has 5 heteroatoms. The molecule has 0 bridgehead atoms. The SMILES string of the molecule is CCOC(=O)c1cc(Nc2ccc(C)nc2C)ccc1N. The van der Waals surface area contributed by atoms with Gasteiger partial charge in [-0.15, -0.1) is 0 Å². The van der Waals surface area contributed by atoms with Crippen molar-refractivity contribution in [2.45, 2.75) is 20.8 Å². The molecular formula is C16H19N3O2. The standard InChI is InChI=1S/C16H19N3O2/c1-4-21-16(20)13-9-12(6-7-14(13)17)19-15-8-5-10(2)18-11(15)3/h5-9,19H,4,17H2,1-3H3. The lowest BCUT2D eigenvalue weighted by Gasteiger charge is -2.12. The average Bonchev–Trinajstić information content (AvgIpc) is 2.44. The first-order valence-corrected chi connectivity index (χ1v) is 6.79. The van der Waals surface area contributed by atoms with Crippen LogP contribution in [0.5, 0.6) is 0 Å². The molecule has 3 N–H and O–H groups in total. The maximum atomic E-state index is 11.8. The number of aromatic nitrogens is 1. The van der Waals surface area contributed by atoms with Crippen molar-refractivity contribution in [2.75, 3.05) is 17.7 Å². The van der Waals surface area contributed by atoms with Gasteiger partial charge in [0.25, 0.3) is 0 Å². The van der Waals surface area contributed by atoms with Gasteiger partial charge in [-0.2, -0.15) is 0 Å². The van der Waals surface area contributed by atoms with E-state index in [4.69, 9.17) is 10.5 Å². The summed E-state index contributed by atoms with van der Waals surface area (Å²) in [5, 5.41) is 3.24. The number of hydrogen-bond donors (Lipinski definition) is 2. The smallest absolute Gasteiger partial charge is 0.340 e. The first-order chi connectivity index (χ1) is 10.0. The highest BCUT2D eigenvalue weighted by Crippen LogP contribution is 2.23. The molecule has 0 aliphatic heterocycles. The second-order valence-corrected chi connectivity index (χ2v) is 4.73. The van der Waals surface area contributed by atoms with Gasteiger partial charge in [0, 0.05) is 17.1 Å². The quantitative estimate of drug-likeness (QED) is 0.666. The van der Waals surface area contributed by atoms with Gasteiger partial charge in [-0.1, -0.05) is 0 Å². The minimum atomic E-state index is -0.419. The number of rotatable bonds is 4. The lowest BCUT2D eigenvalue weighted by atomic mass is 10.1. The number of nitrogen functional groups attached to an aromatic ring is 1. The number of esters is 1. The van der Waals surface area contributed by atoms with Crippen LogP contribution in [-0.4, -0.2) is 17.6 Å². The van der Waals surface area contributed by atoms with Crippen molar-refractivity contribution in [3.05, 3.63) is 47.3 Å². The number of pyridine rings is 1. The van der Waals surface area contributed by atoms with Gasteiger partial charge in [0.2, 0.25) is 0 Å². The van der Waals surface area contributed by atoms with Gasteiger partial charge in [0.1, 0.15) is 0 Å². The maximum absolute atomic E-state index is 11.8. The number of nitrogens with zero attached hydrogens (tertiary/aromatic N) is 1. The van der Waals surface area contributed by atoms with Crippen molar-refractivity contribution in [1.29, 1.82) is 0 Å². The summed E-state index contributed by atoms with van der Waals surface area (Å²) in [5.41, 5.74) is 10.1. The van der Waals surface area contributed by atoms with Crippen molar-refractivity contribution in [1.82, 2.24) is 4.98 Å². The normalized spacial score (nSPS) is 10.2. The van der Waals surface area contributed by atoms with Crippen LogP contribution in [0.1, 0.15) is 28.7 Å². The molecule has 1 heterocycles. The van der Waals surface area contributed by atoms with E-state index in [-0.39, 0.29) is 0 Å². The molecule has 0 atom stereocenters. The Morgan fingerprint density at radius 2 is 2.05 bits per heavy atom. The Kier molecular flexibility index (Phi) is 4.42. The first kappa shape index (κ1) is 14.8. The molecular weight excluding hydrogens is 266 g/mol. The fourth-order valence-electron chi connectivity index (χ4n) is 1.99. The molecule has 0 fully saturated rings. The highest BCUT2D eigenvalue weighted by molar-refractivity contribution is 5.96. The Morgan fingerprint density at radius 3 is 2.71 bits per heavy atom. The van der Waals surface area contributed by atoms with E-state index in [1.54, 1.807) is 19.1 Å². The van der Waals surface area contributed by atoms with Gasteiger partial charge >= 0.3 is 5.97 Å². The van der Waals surface area contributed by atoms with Crippen molar-refractivity contribution < 1.29 is 9.53 Å². The monoisotopic (exact) mass is 285 g/mol. The molecule has 5 nitrogen and oxygen atoms in total. The van der Waals surface area contributed by atoms with E-state index >= 15 is 0 Å². The zero-order chi connectivity index (χ0) is 15.4. The largest absolute Gasteiger partial charge is 0.462 e. The number of anilines is 3. The van der Waals surface area contributed by atoms with Crippen molar-refractivity contribution in [2.24, 2.45) is 0 Å². The first-order valence-electron chi connectivity index (χ1n) is 6.79. The second-order valence-electron chi connectivity index (χ2n) is 4.73. The predicted molar refractivity (Wildman–Crippen MR) is 83.8 cm³/mol.